The molecule has 0 saturated heterocycles. The van der Waals surface area contributed by atoms with E-state index in [1.807, 2.05) is 6.07 Å². The lowest BCUT2D eigenvalue weighted by Gasteiger charge is -2.03. The molecule has 0 atom stereocenters. The molecule has 0 aromatic heterocycles. The van der Waals surface area contributed by atoms with E-state index in [0.29, 0.717) is 24.2 Å². The molecule has 0 N–H and O–H groups in total. The van der Waals surface area contributed by atoms with Crippen molar-refractivity contribution >= 4 is 0 Å². The zero-order valence-electron chi connectivity index (χ0n) is 7.38. The van der Waals surface area contributed by atoms with E-state index in [1.165, 1.54) is 13.2 Å². The van der Waals surface area contributed by atoms with Gasteiger partial charge in [-0.05, 0) is 30.2 Å². The van der Waals surface area contributed by atoms with Crippen LogP contribution in [0.2, 0.25) is 0 Å². The van der Waals surface area contributed by atoms with Crippen LogP contribution in [0.25, 0.3) is 0 Å². The van der Waals surface area contributed by atoms with Crippen molar-refractivity contribution in [3.8, 4) is 11.8 Å². The summed E-state index contributed by atoms with van der Waals surface area (Å²) in [4.78, 5) is 0. The normalized spacial score (nSPS) is 9.31. The summed E-state index contributed by atoms with van der Waals surface area (Å²) < 4.78 is 18.0. The van der Waals surface area contributed by atoms with E-state index in [0.717, 1.165) is 0 Å². The number of hydrogen-bond acceptors (Lipinski definition) is 2. The summed E-state index contributed by atoms with van der Waals surface area (Å²) >= 11 is 0. The predicted octanol–water partition coefficient (Wildman–Crippen LogP) is 2.29. The van der Waals surface area contributed by atoms with E-state index in [9.17, 15) is 4.39 Å². The molecule has 0 fully saturated rings. The smallest absolute Gasteiger partial charge is 0.126 e. The molecule has 2 nitrogen and oxygen atoms in total. The van der Waals surface area contributed by atoms with Gasteiger partial charge in [-0.1, -0.05) is 0 Å². The van der Waals surface area contributed by atoms with Crippen LogP contribution in [0.3, 0.4) is 0 Å². The third-order valence-corrected chi connectivity index (χ3v) is 1.76. The van der Waals surface area contributed by atoms with Crippen molar-refractivity contribution in [1.82, 2.24) is 0 Å². The van der Waals surface area contributed by atoms with Crippen molar-refractivity contribution in [2.24, 2.45) is 0 Å². The lowest BCUT2D eigenvalue weighted by molar-refractivity contribution is 0.412. The summed E-state index contributed by atoms with van der Waals surface area (Å²) in [6.07, 6.45) is 0.754. The maximum absolute atomic E-state index is 13.1. The standard InChI is InChI=1S/C10H10FNO/c1-13-9-4-5-10(11)8(7-9)3-2-6-12/h4-5,7H,2-3H2,1H3. The number of benzene rings is 1. The molecule has 0 unspecified atom stereocenters. The first-order valence-electron chi connectivity index (χ1n) is 3.97. The Hall–Kier alpha value is -1.56. The molecule has 0 aliphatic rings. The van der Waals surface area contributed by atoms with Crippen LogP contribution in [-0.4, -0.2) is 7.11 Å². The van der Waals surface area contributed by atoms with Gasteiger partial charge in [-0.2, -0.15) is 5.26 Å². The van der Waals surface area contributed by atoms with Crippen LogP contribution >= 0.6 is 0 Å². The fourth-order valence-electron chi connectivity index (χ4n) is 1.06. The maximum atomic E-state index is 13.1. The first-order valence-corrected chi connectivity index (χ1v) is 3.97. The van der Waals surface area contributed by atoms with E-state index in [1.54, 1.807) is 12.1 Å². The monoisotopic (exact) mass is 179 g/mol. The summed E-state index contributed by atoms with van der Waals surface area (Å²) in [6, 6.07) is 6.50. The highest BCUT2D eigenvalue weighted by atomic mass is 19.1. The van der Waals surface area contributed by atoms with E-state index < -0.39 is 0 Å². The van der Waals surface area contributed by atoms with Gasteiger partial charge in [0.05, 0.1) is 13.2 Å². The number of aryl methyl sites for hydroxylation is 1. The van der Waals surface area contributed by atoms with Crippen LogP contribution < -0.4 is 4.74 Å². The van der Waals surface area contributed by atoms with Gasteiger partial charge in [-0.25, -0.2) is 4.39 Å². The van der Waals surface area contributed by atoms with Gasteiger partial charge in [0, 0.05) is 6.42 Å². The second-order valence-electron chi connectivity index (χ2n) is 2.62. The Morgan fingerprint density at radius 1 is 1.54 bits per heavy atom. The zero-order chi connectivity index (χ0) is 9.68. The summed E-state index contributed by atoms with van der Waals surface area (Å²) in [5.74, 6) is 0.338. The Morgan fingerprint density at radius 2 is 2.31 bits per heavy atom. The third kappa shape index (κ3) is 2.45. The van der Waals surface area contributed by atoms with Gasteiger partial charge in [0.25, 0.3) is 0 Å². The molecule has 0 radical (unpaired) electrons. The molecular formula is C10H10FNO. The number of rotatable bonds is 3. The fourth-order valence-corrected chi connectivity index (χ4v) is 1.06. The molecule has 1 aromatic carbocycles. The minimum absolute atomic E-state index is 0.281. The fraction of sp³-hybridized carbons (Fsp3) is 0.300. The lowest BCUT2D eigenvalue weighted by atomic mass is 10.1. The van der Waals surface area contributed by atoms with Gasteiger partial charge in [0.1, 0.15) is 11.6 Å². The molecule has 0 aliphatic carbocycles. The van der Waals surface area contributed by atoms with E-state index in [-0.39, 0.29) is 5.82 Å². The first kappa shape index (κ1) is 9.53. The Labute approximate surface area is 76.6 Å². The van der Waals surface area contributed by atoms with Crippen LogP contribution in [-0.2, 0) is 6.42 Å². The molecule has 0 heterocycles. The molecular weight excluding hydrogens is 169 g/mol. The lowest BCUT2D eigenvalue weighted by Crippen LogP contribution is -1.91. The number of hydrogen-bond donors (Lipinski definition) is 0. The van der Waals surface area contributed by atoms with Crippen LogP contribution in [0.4, 0.5) is 4.39 Å². The zero-order valence-corrected chi connectivity index (χ0v) is 7.38. The summed E-state index contributed by atoms with van der Waals surface area (Å²) in [5, 5.41) is 8.34. The van der Waals surface area contributed by atoms with E-state index in [4.69, 9.17) is 10.00 Å². The van der Waals surface area contributed by atoms with Gasteiger partial charge >= 0.3 is 0 Å². The molecule has 68 valence electrons. The van der Waals surface area contributed by atoms with Crippen molar-refractivity contribution in [2.75, 3.05) is 7.11 Å². The number of nitrogens with zero attached hydrogens (tertiary/aromatic N) is 1. The number of halogens is 1. The Bertz CT molecular complexity index is 330. The minimum Gasteiger partial charge on any atom is -0.497 e. The predicted molar refractivity (Wildman–Crippen MR) is 46.9 cm³/mol. The third-order valence-electron chi connectivity index (χ3n) is 1.76. The van der Waals surface area contributed by atoms with Crippen LogP contribution in [0.5, 0.6) is 5.75 Å². The average Bonchev–Trinajstić information content (AvgIpc) is 2.17. The highest BCUT2D eigenvalue weighted by molar-refractivity contribution is 5.30. The van der Waals surface area contributed by atoms with Crippen molar-refractivity contribution in [3.63, 3.8) is 0 Å². The highest BCUT2D eigenvalue weighted by Gasteiger charge is 2.02. The number of methoxy groups -OCH3 is 1. The molecule has 0 bridgehead atoms. The van der Waals surface area contributed by atoms with Gasteiger partial charge in [-0.15, -0.1) is 0 Å². The Morgan fingerprint density at radius 3 is 2.92 bits per heavy atom. The van der Waals surface area contributed by atoms with Gasteiger partial charge < -0.3 is 4.74 Å². The molecule has 3 heteroatoms. The largest absolute Gasteiger partial charge is 0.497 e. The highest BCUT2D eigenvalue weighted by Crippen LogP contribution is 2.17. The van der Waals surface area contributed by atoms with Crippen LogP contribution in [0, 0.1) is 17.1 Å². The molecule has 0 spiro atoms. The second kappa shape index (κ2) is 4.46. The minimum atomic E-state index is -0.281. The van der Waals surface area contributed by atoms with Crippen molar-refractivity contribution in [1.29, 1.82) is 5.26 Å². The van der Waals surface area contributed by atoms with Crippen LogP contribution in [0.15, 0.2) is 18.2 Å². The Kier molecular flexibility index (Phi) is 3.27. The first-order chi connectivity index (χ1) is 6.27. The Balaban J connectivity index is 2.85. The quantitative estimate of drug-likeness (QED) is 0.713. The number of ether oxygens (including phenoxy) is 1. The molecule has 0 amide bonds. The molecule has 0 saturated carbocycles. The molecule has 13 heavy (non-hydrogen) atoms. The molecule has 0 aliphatic heterocycles. The van der Waals surface area contributed by atoms with Crippen molar-refractivity contribution < 1.29 is 9.13 Å². The van der Waals surface area contributed by atoms with E-state index >= 15 is 0 Å². The topological polar surface area (TPSA) is 33.0 Å². The van der Waals surface area contributed by atoms with Gasteiger partial charge in [0.2, 0.25) is 0 Å². The van der Waals surface area contributed by atoms with Gasteiger partial charge in [0.15, 0.2) is 0 Å². The summed E-state index contributed by atoms with van der Waals surface area (Å²) in [6.45, 7) is 0. The summed E-state index contributed by atoms with van der Waals surface area (Å²) in [5.41, 5.74) is 0.529. The van der Waals surface area contributed by atoms with Crippen molar-refractivity contribution in [2.45, 2.75) is 12.8 Å². The average molecular weight is 179 g/mol. The molecule has 1 aromatic rings. The van der Waals surface area contributed by atoms with Gasteiger partial charge in [-0.3, -0.25) is 0 Å². The summed E-state index contributed by atoms with van der Waals surface area (Å²) in [7, 11) is 1.53. The number of nitriles is 1. The second-order valence-corrected chi connectivity index (χ2v) is 2.62. The maximum Gasteiger partial charge on any atom is 0.126 e. The molecule has 1 rings (SSSR count). The van der Waals surface area contributed by atoms with E-state index in [2.05, 4.69) is 0 Å². The SMILES string of the molecule is COc1ccc(F)c(CCC#N)c1. The van der Waals surface area contributed by atoms with Crippen LogP contribution in [0.1, 0.15) is 12.0 Å². The van der Waals surface area contributed by atoms with Crippen molar-refractivity contribution in [3.05, 3.63) is 29.6 Å².